The molecule has 0 aliphatic rings. The molecule has 0 aliphatic carbocycles. The molecule has 0 spiro atoms. The molecule has 0 aromatic carbocycles. The Labute approximate surface area is 124 Å². The fourth-order valence-corrected chi connectivity index (χ4v) is 2.67. The van der Waals surface area contributed by atoms with Crippen LogP contribution in [0.1, 0.15) is 43.1 Å². The van der Waals surface area contributed by atoms with E-state index in [0.29, 0.717) is 12.8 Å². The summed E-state index contributed by atoms with van der Waals surface area (Å²) in [5, 5.41) is 9.85. The van der Waals surface area contributed by atoms with Gasteiger partial charge < -0.3 is 10.8 Å². The predicted molar refractivity (Wildman–Crippen MR) is 81.0 cm³/mol. The zero-order valence-electron chi connectivity index (χ0n) is 12.6. The topological polar surface area (TPSA) is 89.1 Å². The highest BCUT2D eigenvalue weighted by molar-refractivity contribution is 7.99. The van der Waals surface area contributed by atoms with Gasteiger partial charge in [-0.2, -0.15) is 0 Å². The van der Waals surface area contributed by atoms with Gasteiger partial charge in [-0.05, 0) is 45.6 Å². The Hall–Kier alpha value is -1.14. The molecule has 1 aromatic heterocycles. The molecule has 5 nitrogen and oxygen atoms in total. The predicted octanol–water partition coefficient (Wildman–Crippen LogP) is 2.47. The lowest BCUT2D eigenvalue weighted by molar-refractivity contribution is -0.143. The number of nitrogens with two attached hydrogens (primary N) is 1. The monoisotopic (exact) mass is 297 g/mol. The first-order valence-corrected chi connectivity index (χ1v) is 7.75. The Morgan fingerprint density at radius 2 is 1.85 bits per heavy atom. The highest BCUT2D eigenvalue weighted by Gasteiger charge is 2.30. The van der Waals surface area contributed by atoms with Gasteiger partial charge in [0.25, 0.3) is 0 Å². The van der Waals surface area contributed by atoms with Gasteiger partial charge in [-0.25, -0.2) is 9.97 Å². The number of carboxylic acid groups (broad SMARTS) is 1. The van der Waals surface area contributed by atoms with Gasteiger partial charge in [-0.3, -0.25) is 4.79 Å². The lowest BCUT2D eigenvalue weighted by atomic mass is 9.92. The van der Waals surface area contributed by atoms with E-state index in [-0.39, 0.29) is 0 Å². The largest absolute Gasteiger partial charge is 0.480 e. The summed E-state index contributed by atoms with van der Waals surface area (Å²) < 4.78 is 0. The number of aryl methyl sites for hydroxylation is 2. The minimum Gasteiger partial charge on any atom is -0.480 e. The molecule has 0 bridgehead atoms. The number of carboxylic acids is 1. The quantitative estimate of drug-likeness (QED) is 0.456. The van der Waals surface area contributed by atoms with E-state index in [1.165, 1.54) is 0 Å². The van der Waals surface area contributed by atoms with E-state index in [2.05, 4.69) is 9.97 Å². The van der Waals surface area contributed by atoms with Crippen molar-refractivity contribution in [2.24, 2.45) is 5.73 Å². The molecule has 0 amide bonds. The van der Waals surface area contributed by atoms with Crippen molar-refractivity contribution in [2.45, 2.75) is 57.7 Å². The zero-order valence-corrected chi connectivity index (χ0v) is 13.4. The third kappa shape index (κ3) is 4.18. The van der Waals surface area contributed by atoms with Crippen LogP contribution in [0.5, 0.6) is 0 Å². The van der Waals surface area contributed by atoms with Crippen molar-refractivity contribution < 1.29 is 9.90 Å². The normalized spacial score (nSPS) is 14.1. The van der Waals surface area contributed by atoms with Gasteiger partial charge in [-0.15, -0.1) is 0 Å². The SMILES string of the molecule is CCC(N)(CCCSc1nc(C)c(C)c(C)n1)C(=O)O. The minimum absolute atomic E-state index is 0.437. The second-order valence-electron chi connectivity index (χ2n) is 5.07. The molecule has 6 heteroatoms. The number of aromatic nitrogens is 2. The number of rotatable bonds is 7. The lowest BCUT2D eigenvalue weighted by Gasteiger charge is -2.22. The second kappa shape index (κ2) is 7.04. The van der Waals surface area contributed by atoms with Gasteiger partial charge in [0.05, 0.1) is 0 Å². The number of nitrogens with zero attached hydrogens (tertiary/aromatic N) is 2. The van der Waals surface area contributed by atoms with Crippen LogP contribution in [0.2, 0.25) is 0 Å². The van der Waals surface area contributed by atoms with Crippen molar-refractivity contribution in [3.8, 4) is 0 Å². The number of thioether (sulfide) groups is 1. The Bertz CT molecular complexity index is 470. The second-order valence-corrected chi connectivity index (χ2v) is 6.13. The van der Waals surface area contributed by atoms with Crippen molar-refractivity contribution in [3.05, 3.63) is 17.0 Å². The molecule has 1 rings (SSSR count). The Morgan fingerprint density at radius 3 is 2.30 bits per heavy atom. The van der Waals surface area contributed by atoms with Gasteiger partial charge in [0.2, 0.25) is 0 Å². The molecule has 1 aromatic rings. The van der Waals surface area contributed by atoms with Gasteiger partial charge >= 0.3 is 5.97 Å². The number of aliphatic carboxylic acids is 1. The standard InChI is InChI=1S/C14H23N3O2S/c1-5-14(15,12(18)19)7-6-8-20-13-16-10(3)9(2)11(4)17-13/h5-8,15H2,1-4H3,(H,18,19). The van der Waals surface area contributed by atoms with Gasteiger partial charge in [-0.1, -0.05) is 18.7 Å². The average molecular weight is 297 g/mol. The Morgan fingerprint density at radius 1 is 1.30 bits per heavy atom. The van der Waals surface area contributed by atoms with E-state index in [1.807, 2.05) is 20.8 Å². The average Bonchev–Trinajstić information content (AvgIpc) is 2.40. The fraction of sp³-hybridized carbons (Fsp3) is 0.643. The summed E-state index contributed by atoms with van der Waals surface area (Å²) in [6.45, 7) is 7.76. The minimum atomic E-state index is -1.11. The summed E-state index contributed by atoms with van der Waals surface area (Å²) in [6, 6.07) is 0. The maximum atomic E-state index is 11.1. The zero-order chi connectivity index (χ0) is 15.3. The van der Waals surface area contributed by atoms with E-state index < -0.39 is 11.5 Å². The number of hydrogen-bond donors (Lipinski definition) is 2. The molecule has 3 N–H and O–H groups in total. The molecule has 0 saturated heterocycles. The van der Waals surface area contributed by atoms with Crippen molar-refractivity contribution in [1.82, 2.24) is 9.97 Å². The molecular formula is C14H23N3O2S. The van der Waals surface area contributed by atoms with Gasteiger partial charge in [0, 0.05) is 17.1 Å². The van der Waals surface area contributed by atoms with Crippen LogP contribution in [0.15, 0.2) is 5.16 Å². The summed E-state index contributed by atoms with van der Waals surface area (Å²) >= 11 is 1.55. The highest BCUT2D eigenvalue weighted by Crippen LogP contribution is 2.21. The first-order chi connectivity index (χ1) is 9.30. The van der Waals surface area contributed by atoms with Crippen LogP contribution in [0, 0.1) is 20.8 Å². The Kier molecular flexibility index (Phi) is 5.95. The molecule has 1 atom stereocenters. The summed E-state index contributed by atoms with van der Waals surface area (Å²) in [7, 11) is 0. The molecule has 1 unspecified atom stereocenters. The van der Waals surface area contributed by atoms with Crippen molar-refractivity contribution >= 4 is 17.7 Å². The molecule has 1 heterocycles. The van der Waals surface area contributed by atoms with Crippen LogP contribution in [0.3, 0.4) is 0 Å². The third-order valence-corrected chi connectivity index (χ3v) is 4.60. The van der Waals surface area contributed by atoms with Crippen LogP contribution >= 0.6 is 11.8 Å². The van der Waals surface area contributed by atoms with Gasteiger partial charge in [0.15, 0.2) is 5.16 Å². The molecule has 112 valence electrons. The summed E-state index contributed by atoms with van der Waals surface area (Å²) in [4.78, 5) is 19.9. The van der Waals surface area contributed by atoms with Crippen molar-refractivity contribution in [2.75, 3.05) is 5.75 Å². The number of carbonyl (C=O) groups is 1. The third-order valence-electron chi connectivity index (χ3n) is 3.67. The van der Waals surface area contributed by atoms with E-state index in [0.717, 1.165) is 34.3 Å². The van der Waals surface area contributed by atoms with Gasteiger partial charge in [0.1, 0.15) is 5.54 Å². The van der Waals surface area contributed by atoms with Crippen molar-refractivity contribution in [1.29, 1.82) is 0 Å². The van der Waals surface area contributed by atoms with Crippen LogP contribution < -0.4 is 5.73 Å². The molecule has 20 heavy (non-hydrogen) atoms. The van der Waals surface area contributed by atoms with Crippen LogP contribution in [0.4, 0.5) is 0 Å². The lowest BCUT2D eigenvalue weighted by Crippen LogP contribution is -2.47. The van der Waals surface area contributed by atoms with Crippen LogP contribution in [-0.4, -0.2) is 32.3 Å². The van der Waals surface area contributed by atoms with E-state index in [1.54, 1.807) is 18.7 Å². The molecule has 0 fully saturated rings. The first kappa shape index (κ1) is 16.9. The smallest absolute Gasteiger partial charge is 0.323 e. The van der Waals surface area contributed by atoms with Crippen molar-refractivity contribution in [3.63, 3.8) is 0 Å². The van der Waals surface area contributed by atoms with Crippen LogP contribution in [0.25, 0.3) is 0 Å². The van der Waals surface area contributed by atoms with E-state index >= 15 is 0 Å². The number of hydrogen-bond acceptors (Lipinski definition) is 5. The maximum Gasteiger partial charge on any atom is 0.323 e. The van der Waals surface area contributed by atoms with E-state index in [9.17, 15) is 4.79 Å². The summed E-state index contributed by atoms with van der Waals surface area (Å²) in [6.07, 6.45) is 1.64. The molecule has 0 aliphatic heterocycles. The molecular weight excluding hydrogens is 274 g/mol. The maximum absolute atomic E-state index is 11.1. The first-order valence-electron chi connectivity index (χ1n) is 6.77. The molecule has 0 saturated carbocycles. The summed E-state index contributed by atoms with van der Waals surface area (Å²) in [5.41, 5.74) is 7.84. The Balaban J connectivity index is 2.51. The van der Waals surface area contributed by atoms with Crippen LogP contribution in [-0.2, 0) is 4.79 Å². The fourth-order valence-electron chi connectivity index (χ4n) is 1.79. The highest BCUT2D eigenvalue weighted by atomic mass is 32.2. The summed E-state index contributed by atoms with van der Waals surface area (Å²) in [5.74, 6) is -0.156. The van der Waals surface area contributed by atoms with E-state index in [4.69, 9.17) is 10.8 Å². The molecule has 0 radical (unpaired) electrons.